The van der Waals surface area contributed by atoms with Crippen LogP contribution in [-0.2, 0) is 9.53 Å². The van der Waals surface area contributed by atoms with Gasteiger partial charge in [-0.15, -0.1) is 0 Å². The van der Waals surface area contributed by atoms with Gasteiger partial charge < -0.3 is 14.8 Å². The predicted molar refractivity (Wildman–Crippen MR) is 95.2 cm³/mol. The number of nitrogens with zero attached hydrogens (tertiary/aromatic N) is 2. The summed E-state index contributed by atoms with van der Waals surface area (Å²) in [6.45, 7) is 9.60. The molecule has 0 aromatic heterocycles. The van der Waals surface area contributed by atoms with E-state index in [1.807, 2.05) is 4.90 Å². The zero-order chi connectivity index (χ0) is 17.9. The number of fused-ring (bicyclic) bond motifs is 1. The highest BCUT2D eigenvalue weighted by atomic mass is 16.5. The van der Waals surface area contributed by atoms with Gasteiger partial charge in [0.25, 0.3) is 0 Å². The third-order valence-electron chi connectivity index (χ3n) is 5.29. The lowest BCUT2D eigenvalue weighted by atomic mass is 9.65. The standard InChI is InChI=1S/C19H30N2O3/c1-6-14-10-16-17(11-15(14)13(2)20-23)21(8-7-9-24-5)18(22)12-19(16,3)4/h10-11,16-17,23H,6-9,12H2,1-5H3/b20-13+. The van der Waals surface area contributed by atoms with E-state index in [0.29, 0.717) is 25.3 Å². The Bertz CT molecular complexity index is 575. The maximum atomic E-state index is 12.7. The number of carbonyl (C=O) groups is 1. The maximum absolute atomic E-state index is 12.7. The number of allylic oxidation sites excluding steroid dienone is 2. The SMILES string of the molecule is CCC1=CC2C(C=C1/C(C)=N/O)N(CCCOC)C(=O)CC2(C)C. The number of hydrogen-bond acceptors (Lipinski definition) is 4. The summed E-state index contributed by atoms with van der Waals surface area (Å²) in [6.07, 6.45) is 6.70. The number of oxime groups is 1. The first-order chi connectivity index (χ1) is 11.4. The lowest BCUT2D eigenvalue weighted by molar-refractivity contribution is -0.142. The fourth-order valence-corrected chi connectivity index (χ4v) is 3.90. The molecule has 2 unspecified atom stereocenters. The van der Waals surface area contributed by atoms with Crippen LogP contribution in [-0.4, -0.2) is 48.0 Å². The average Bonchev–Trinajstić information content (AvgIpc) is 2.55. The van der Waals surface area contributed by atoms with E-state index in [2.05, 4.69) is 38.1 Å². The summed E-state index contributed by atoms with van der Waals surface area (Å²) in [5, 5.41) is 12.6. The van der Waals surface area contributed by atoms with Crippen LogP contribution in [0.4, 0.5) is 0 Å². The van der Waals surface area contributed by atoms with Crippen LogP contribution in [0.1, 0.15) is 47.0 Å². The summed E-state index contributed by atoms with van der Waals surface area (Å²) in [6, 6.07) is 0.0140. The van der Waals surface area contributed by atoms with Crippen molar-refractivity contribution in [1.29, 1.82) is 0 Å². The van der Waals surface area contributed by atoms with Crippen molar-refractivity contribution in [3.05, 3.63) is 23.3 Å². The van der Waals surface area contributed by atoms with Crippen molar-refractivity contribution in [2.45, 2.75) is 53.0 Å². The second-order valence-electron chi connectivity index (χ2n) is 7.43. The minimum Gasteiger partial charge on any atom is -0.411 e. The van der Waals surface area contributed by atoms with Crippen LogP contribution in [0.5, 0.6) is 0 Å². The zero-order valence-corrected chi connectivity index (χ0v) is 15.5. The van der Waals surface area contributed by atoms with Crippen LogP contribution in [0.25, 0.3) is 0 Å². The maximum Gasteiger partial charge on any atom is 0.223 e. The van der Waals surface area contributed by atoms with Crippen LogP contribution >= 0.6 is 0 Å². The molecule has 2 atom stereocenters. The molecular formula is C19H30N2O3. The van der Waals surface area contributed by atoms with Gasteiger partial charge in [0.2, 0.25) is 5.91 Å². The highest BCUT2D eigenvalue weighted by molar-refractivity contribution is 6.02. The lowest BCUT2D eigenvalue weighted by Gasteiger charge is -2.49. The van der Waals surface area contributed by atoms with Crippen molar-refractivity contribution in [3.63, 3.8) is 0 Å². The summed E-state index contributed by atoms with van der Waals surface area (Å²) < 4.78 is 5.14. The second-order valence-corrected chi connectivity index (χ2v) is 7.43. The first-order valence-electron chi connectivity index (χ1n) is 8.76. The monoisotopic (exact) mass is 334 g/mol. The van der Waals surface area contributed by atoms with Crippen LogP contribution in [0, 0.1) is 11.3 Å². The molecule has 1 N–H and O–H groups in total. The molecule has 5 heteroatoms. The van der Waals surface area contributed by atoms with Gasteiger partial charge in [-0.05, 0) is 36.3 Å². The fraction of sp³-hybridized carbons (Fsp3) is 0.684. The summed E-state index contributed by atoms with van der Waals surface area (Å²) >= 11 is 0. The molecule has 1 fully saturated rings. The summed E-state index contributed by atoms with van der Waals surface area (Å²) in [7, 11) is 1.68. The number of piperidine rings is 1. The number of ether oxygens (including phenoxy) is 1. The first-order valence-corrected chi connectivity index (χ1v) is 8.76. The molecule has 0 radical (unpaired) electrons. The van der Waals surface area contributed by atoms with Gasteiger partial charge in [-0.2, -0.15) is 0 Å². The van der Waals surface area contributed by atoms with Crippen molar-refractivity contribution in [3.8, 4) is 0 Å². The topological polar surface area (TPSA) is 62.1 Å². The predicted octanol–water partition coefficient (Wildman–Crippen LogP) is 3.39. The van der Waals surface area contributed by atoms with Gasteiger partial charge in [0, 0.05) is 32.6 Å². The molecule has 0 spiro atoms. The molecule has 1 saturated heterocycles. The van der Waals surface area contributed by atoms with E-state index in [0.717, 1.165) is 18.4 Å². The number of methoxy groups -OCH3 is 1. The molecule has 2 rings (SSSR count). The number of rotatable bonds is 6. The molecule has 1 heterocycles. The van der Waals surface area contributed by atoms with Gasteiger partial charge in [-0.1, -0.05) is 38.1 Å². The van der Waals surface area contributed by atoms with E-state index < -0.39 is 0 Å². The van der Waals surface area contributed by atoms with Gasteiger partial charge in [0.15, 0.2) is 0 Å². The number of carbonyl (C=O) groups excluding carboxylic acids is 1. The van der Waals surface area contributed by atoms with Crippen molar-refractivity contribution < 1.29 is 14.7 Å². The van der Waals surface area contributed by atoms with Crippen molar-refractivity contribution in [2.75, 3.05) is 20.3 Å². The van der Waals surface area contributed by atoms with Crippen molar-refractivity contribution >= 4 is 11.6 Å². The smallest absolute Gasteiger partial charge is 0.223 e. The molecule has 0 saturated carbocycles. The number of likely N-dealkylation sites (tertiary alicyclic amines) is 1. The zero-order valence-electron chi connectivity index (χ0n) is 15.5. The fourth-order valence-electron chi connectivity index (χ4n) is 3.90. The average molecular weight is 334 g/mol. The molecule has 0 aromatic carbocycles. The summed E-state index contributed by atoms with van der Waals surface area (Å²) in [5.41, 5.74) is 2.69. The lowest BCUT2D eigenvalue weighted by Crippen LogP contribution is -2.55. The first kappa shape index (κ1) is 18.7. The Morgan fingerprint density at radius 2 is 2.17 bits per heavy atom. The molecular weight excluding hydrogens is 304 g/mol. The van der Waals surface area contributed by atoms with Gasteiger partial charge >= 0.3 is 0 Å². The van der Waals surface area contributed by atoms with Gasteiger partial charge in [0.05, 0.1) is 11.8 Å². The Kier molecular flexibility index (Phi) is 5.86. The minimum atomic E-state index is -0.0772. The highest BCUT2D eigenvalue weighted by Crippen LogP contribution is 2.45. The van der Waals surface area contributed by atoms with E-state index in [1.54, 1.807) is 14.0 Å². The molecule has 2 aliphatic rings. The van der Waals surface area contributed by atoms with Gasteiger partial charge in [-0.3, -0.25) is 4.79 Å². The quantitative estimate of drug-likeness (QED) is 0.350. The van der Waals surface area contributed by atoms with E-state index in [-0.39, 0.29) is 23.3 Å². The molecule has 5 nitrogen and oxygen atoms in total. The van der Waals surface area contributed by atoms with E-state index in [4.69, 9.17) is 4.74 Å². The third kappa shape index (κ3) is 3.56. The van der Waals surface area contributed by atoms with Crippen LogP contribution in [0.15, 0.2) is 28.5 Å². The summed E-state index contributed by atoms with van der Waals surface area (Å²) in [5.74, 6) is 0.475. The van der Waals surface area contributed by atoms with Gasteiger partial charge in [0.1, 0.15) is 0 Å². The highest BCUT2D eigenvalue weighted by Gasteiger charge is 2.46. The Morgan fingerprint density at radius 1 is 1.46 bits per heavy atom. The molecule has 24 heavy (non-hydrogen) atoms. The van der Waals surface area contributed by atoms with Crippen LogP contribution in [0.3, 0.4) is 0 Å². The van der Waals surface area contributed by atoms with Crippen LogP contribution in [0.2, 0.25) is 0 Å². The molecule has 0 bridgehead atoms. The third-order valence-corrected chi connectivity index (χ3v) is 5.29. The molecule has 134 valence electrons. The number of hydrogen-bond donors (Lipinski definition) is 1. The molecule has 1 aliphatic heterocycles. The molecule has 1 amide bonds. The Labute approximate surface area is 145 Å². The number of amides is 1. The Morgan fingerprint density at radius 3 is 2.75 bits per heavy atom. The van der Waals surface area contributed by atoms with Crippen molar-refractivity contribution in [1.82, 2.24) is 4.90 Å². The van der Waals surface area contributed by atoms with Gasteiger partial charge in [-0.25, -0.2) is 0 Å². The molecule has 1 aliphatic carbocycles. The Balaban J connectivity index is 2.40. The van der Waals surface area contributed by atoms with E-state index >= 15 is 0 Å². The second kappa shape index (κ2) is 7.51. The van der Waals surface area contributed by atoms with E-state index in [1.165, 1.54) is 5.57 Å². The van der Waals surface area contributed by atoms with Crippen molar-refractivity contribution in [2.24, 2.45) is 16.5 Å². The van der Waals surface area contributed by atoms with E-state index in [9.17, 15) is 10.0 Å². The Hall–Kier alpha value is -1.62. The largest absolute Gasteiger partial charge is 0.411 e. The molecule has 0 aromatic rings. The minimum absolute atomic E-state index is 0.0140. The normalized spacial score (nSPS) is 26.8. The summed E-state index contributed by atoms with van der Waals surface area (Å²) in [4.78, 5) is 14.7. The van der Waals surface area contributed by atoms with Crippen LogP contribution < -0.4 is 0 Å².